The molecule has 1 aromatic rings. The summed E-state index contributed by atoms with van der Waals surface area (Å²) in [5.74, 6) is 0.893. The zero-order valence-corrected chi connectivity index (χ0v) is 10.1. The Hall–Kier alpha value is -1.06. The van der Waals surface area contributed by atoms with E-state index in [0.29, 0.717) is 19.1 Å². The van der Waals surface area contributed by atoms with E-state index in [4.69, 9.17) is 14.6 Å². The van der Waals surface area contributed by atoms with Crippen molar-refractivity contribution >= 4 is 0 Å². The van der Waals surface area contributed by atoms with Gasteiger partial charge in [-0.25, -0.2) is 0 Å². The number of hydrogen-bond acceptors (Lipinski definition) is 3. The van der Waals surface area contributed by atoms with E-state index in [-0.39, 0.29) is 6.61 Å². The van der Waals surface area contributed by atoms with Gasteiger partial charge in [0.15, 0.2) is 0 Å². The molecule has 1 saturated heterocycles. The second kappa shape index (κ2) is 6.62. The molecule has 1 fully saturated rings. The Balaban J connectivity index is 1.70. The molecule has 1 heterocycles. The van der Waals surface area contributed by atoms with Crippen LogP contribution in [-0.2, 0) is 11.2 Å². The van der Waals surface area contributed by atoms with E-state index < -0.39 is 0 Å². The van der Waals surface area contributed by atoms with Crippen LogP contribution >= 0.6 is 0 Å². The monoisotopic (exact) mass is 236 g/mol. The molecule has 2 rings (SSSR count). The lowest BCUT2D eigenvalue weighted by Crippen LogP contribution is -2.10. The first-order valence-corrected chi connectivity index (χ1v) is 6.32. The Labute approximate surface area is 102 Å². The molecule has 0 aliphatic carbocycles. The Bertz CT molecular complexity index is 315. The molecule has 0 saturated carbocycles. The van der Waals surface area contributed by atoms with E-state index in [1.54, 1.807) is 0 Å². The van der Waals surface area contributed by atoms with Gasteiger partial charge in [-0.05, 0) is 37.0 Å². The molecule has 0 bridgehead atoms. The SMILES string of the molecule is OCCc1ccc(OCCC2CCCO2)cc1. The molecule has 0 aromatic heterocycles. The largest absolute Gasteiger partial charge is 0.493 e. The maximum atomic E-state index is 8.81. The molecular formula is C14H20O3. The summed E-state index contributed by atoms with van der Waals surface area (Å²) in [6, 6.07) is 7.91. The zero-order valence-electron chi connectivity index (χ0n) is 10.1. The molecule has 3 nitrogen and oxygen atoms in total. The van der Waals surface area contributed by atoms with Crippen LogP contribution in [0.3, 0.4) is 0 Å². The van der Waals surface area contributed by atoms with Gasteiger partial charge >= 0.3 is 0 Å². The van der Waals surface area contributed by atoms with Crippen LogP contribution in [0.4, 0.5) is 0 Å². The van der Waals surface area contributed by atoms with Gasteiger partial charge in [0.1, 0.15) is 5.75 Å². The molecule has 0 radical (unpaired) electrons. The van der Waals surface area contributed by atoms with Gasteiger partial charge in [-0.15, -0.1) is 0 Å². The molecule has 0 amide bonds. The number of ether oxygens (including phenoxy) is 2. The van der Waals surface area contributed by atoms with Crippen molar-refractivity contribution in [3.63, 3.8) is 0 Å². The van der Waals surface area contributed by atoms with E-state index in [1.165, 1.54) is 12.8 Å². The van der Waals surface area contributed by atoms with E-state index in [1.807, 2.05) is 24.3 Å². The molecule has 1 atom stereocenters. The fourth-order valence-electron chi connectivity index (χ4n) is 2.06. The van der Waals surface area contributed by atoms with Crippen LogP contribution in [0.1, 0.15) is 24.8 Å². The number of rotatable bonds is 6. The minimum absolute atomic E-state index is 0.194. The van der Waals surface area contributed by atoms with Crippen molar-refractivity contribution in [2.75, 3.05) is 19.8 Å². The quantitative estimate of drug-likeness (QED) is 0.822. The molecule has 1 aliphatic heterocycles. The summed E-state index contributed by atoms with van der Waals surface area (Å²) < 4.78 is 11.2. The normalized spacial score (nSPS) is 19.5. The summed E-state index contributed by atoms with van der Waals surface area (Å²) in [6.45, 7) is 1.81. The molecule has 1 unspecified atom stereocenters. The summed E-state index contributed by atoms with van der Waals surface area (Å²) in [6.07, 6.45) is 4.41. The van der Waals surface area contributed by atoms with Crippen LogP contribution in [-0.4, -0.2) is 31.0 Å². The van der Waals surface area contributed by atoms with Crippen molar-refractivity contribution in [1.82, 2.24) is 0 Å². The highest BCUT2D eigenvalue weighted by molar-refractivity contribution is 5.27. The van der Waals surface area contributed by atoms with Crippen LogP contribution in [0.25, 0.3) is 0 Å². The number of aliphatic hydroxyl groups is 1. The predicted octanol–water partition coefficient (Wildman–Crippen LogP) is 2.17. The lowest BCUT2D eigenvalue weighted by atomic mass is 10.1. The Morgan fingerprint density at radius 2 is 2.12 bits per heavy atom. The molecule has 1 N–H and O–H groups in total. The predicted molar refractivity (Wildman–Crippen MR) is 66.3 cm³/mol. The molecule has 17 heavy (non-hydrogen) atoms. The highest BCUT2D eigenvalue weighted by Gasteiger charge is 2.14. The second-order valence-electron chi connectivity index (χ2n) is 4.39. The fraction of sp³-hybridized carbons (Fsp3) is 0.571. The van der Waals surface area contributed by atoms with Gasteiger partial charge in [-0.2, -0.15) is 0 Å². The maximum Gasteiger partial charge on any atom is 0.119 e. The zero-order chi connectivity index (χ0) is 11.9. The van der Waals surface area contributed by atoms with Gasteiger partial charge in [0.2, 0.25) is 0 Å². The fourth-order valence-corrected chi connectivity index (χ4v) is 2.06. The van der Waals surface area contributed by atoms with E-state index in [2.05, 4.69) is 0 Å². The van der Waals surface area contributed by atoms with Crippen LogP contribution in [0.2, 0.25) is 0 Å². The highest BCUT2D eigenvalue weighted by atomic mass is 16.5. The van der Waals surface area contributed by atoms with Crippen LogP contribution < -0.4 is 4.74 Å². The van der Waals surface area contributed by atoms with E-state index in [9.17, 15) is 0 Å². The third-order valence-electron chi connectivity index (χ3n) is 3.06. The van der Waals surface area contributed by atoms with Crippen LogP contribution in [0, 0.1) is 0 Å². The molecule has 1 aliphatic rings. The Morgan fingerprint density at radius 1 is 1.29 bits per heavy atom. The third kappa shape index (κ3) is 4.02. The third-order valence-corrected chi connectivity index (χ3v) is 3.06. The van der Waals surface area contributed by atoms with E-state index in [0.717, 1.165) is 24.3 Å². The summed E-state index contributed by atoms with van der Waals surface area (Å²) in [4.78, 5) is 0. The van der Waals surface area contributed by atoms with Crippen molar-refractivity contribution in [1.29, 1.82) is 0 Å². The Kier molecular flexibility index (Phi) is 4.83. The summed E-state index contributed by atoms with van der Waals surface area (Å²) >= 11 is 0. The minimum Gasteiger partial charge on any atom is -0.493 e. The van der Waals surface area contributed by atoms with Crippen LogP contribution in [0.5, 0.6) is 5.75 Å². The smallest absolute Gasteiger partial charge is 0.119 e. The topological polar surface area (TPSA) is 38.7 Å². The van der Waals surface area contributed by atoms with Gasteiger partial charge in [0.05, 0.1) is 12.7 Å². The van der Waals surface area contributed by atoms with Crippen molar-refractivity contribution < 1.29 is 14.6 Å². The molecule has 1 aromatic carbocycles. The first-order chi connectivity index (χ1) is 8.38. The van der Waals surface area contributed by atoms with Gasteiger partial charge in [0.25, 0.3) is 0 Å². The highest BCUT2D eigenvalue weighted by Crippen LogP contribution is 2.17. The summed E-state index contributed by atoms with van der Waals surface area (Å²) in [7, 11) is 0. The molecular weight excluding hydrogens is 216 g/mol. The maximum absolute atomic E-state index is 8.81. The van der Waals surface area contributed by atoms with Crippen molar-refractivity contribution in [2.24, 2.45) is 0 Å². The number of hydrogen-bond donors (Lipinski definition) is 1. The average molecular weight is 236 g/mol. The first kappa shape index (κ1) is 12.4. The first-order valence-electron chi connectivity index (χ1n) is 6.32. The lowest BCUT2D eigenvalue weighted by molar-refractivity contribution is 0.0903. The number of aliphatic hydroxyl groups excluding tert-OH is 1. The standard InChI is InChI=1S/C14H20O3/c15-9-7-12-3-5-14(6-4-12)17-11-8-13-2-1-10-16-13/h3-6,13,15H,1-2,7-11H2. The van der Waals surface area contributed by atoms with Crippen molar-refractivity contribution in [3.8, 4) is 5.75 Å². The summed E-state index contributed by atoms with van der Waals surface area (Å²) in [5.41, 5.74) is 1.14. The van der Waals surface area contributed by atoms with Crippen LogP contribution in [0.15, 0.2) is 24.3 Å². The lowest BCUT2D eigenvalue weighted by Gasteiger charge is -2.10. The summed E-state index contributed by atoms with van der Waals surface area (Å²) in [5, 5.41) is 8.81. The second-order valence-corrected chi connectivity index (χ2v) is 4.39. The van der Waals surface area contributed by atoms with Gasteiger partial charge < -0.3 is 14.6 Å². The molecule has 3 heteroatoms. The molecule has 0 spiro atoms. The van der Waals surface area contributed by atoms with Crippen molar-refractivity contribution in [3.05, 3.63) is 29.8 Å². The minimum atomic E-state index is 0.194. The number of benzene rings is 1. The van der Waals surface area contributed by atoms with Gasteiger partial charge in [-0.3, -0.25) is 0 Å². The van der Waals surface area contributed by atoms with Gasteiger partial charge in [0, 0.05) is 19.6 Å². The molecule has 94 valence electrons. The average Bonchev–Trinajstić information content (AvgIpc) is 2.85. The Morgan fingerprint density at radius 3 is 2.76 bits per heavy atom. The van der Waals surface area contributed by atoms with Gasteiger partial charge in [-0.1, -0.05) is 12.1 Å². The van der Waals surface area contributed by atoms with E-state index >= 15 is 0 Å². The van der Waals surface area contributed by atoms with Crippen molar-refractivity contribution in [2.45, 2.75) is 31.8 Å².